The number of allylic oxidation sites excluding steroid dienone is 1. The van der Waals surface area contributed by atoms with Gasteiger partial charge in [-0.2, -0.15) is 0 Å². The fraction of sp³-hybridized carbons (Fsp3) is 0.0455. The summed E-state index contributed by atoms with van der Waals surface area (Å²) in [7, 11) is 0. The molecule has 0 bridgehead atoms. The Kier molecular flexibility index (Phi) is 6.21. The number of nitrogens with zero attached hydrogens (tertiary/aromatic N) is 1. The predicted octanol–water partition coefficient (Wildman–Crippen LogP) is 11.6. The van der Waals surface area contributed by atoms with Gasteiger partial charge in [0.25, 0.3) is 0 Å². The van der Waals surface area contributed by atoms with Crippen LogP contribution < -0.4 is 0 Å². The second-order valence-corrected chi connectivity index (χ2v) is 11.8. The number of para-hydroxylation sites is 1. The molecule has 0 amide bonds. The standard InChI is InChI=1S/C44H29NO/c1-4-14-30(15-5-1)32-24-26-41-39(28-32)40-29-33(25-27-42(40)45(41)34-18-8-3-9-19-34)43-37-22-12-13-23-38(37)44(46-43)36-21-11-10-20-35(36)31-16-6-2-7-17-31/h1-6,8-12,14-16,18-22,24-29H,13,23H2. The molecule has 1 aliphatic carbocycles. The Bertz CT molecular complexity index is 2390. The highest BCUT2D eigenvalue weighted by Gasteiger charge is 2.25. The van der Waals surface area contributed by atoms with E-state index in [0.717, 1.165) is 52.3 Å². The molecule has 216 valence electrons. The summed E-state index contributed by atoms with van der Waals surface area (Å²) in [4.78, 5) is 0. The van der Waals surface area contributed by atoms with Crippen molar-refractivity contribution in [3.63, 3.8) is 0 Å². The zero-order valence-electron chi connectivity index (χ0n) is 25.2. The molecule has 1 aliphatic rings. The van der Waals surface area contributed by atoms with Gasteiger partial charge >= 0.3 is 0 Å². The summed E-state index contributed by atoms with van der Waals surface area (Å²) < 4.78 is 9.34. The molecule has 2 nitrogen and oxygen atoms in total. The minimum absolute atomic E-state index is 0.918. The maximum Gasteiger partial charge on any atom is 0.142 e. The predicted molar refractivity (Wildman–Crippen MR) is 190 cm³/mol. The van der Waals surface area contributed by atoms with Crippen molar-refractivity contribution in [2.75, 3.05) is 0 Å². The van der Waals surface area contributed by atoms with E-state index in [1.807, 2.05) is 12.1 Å². The highest BCUT2D eigenvalue weighted by molar-refractivity contribution is 6.11. The summed E-state index contributed by atoms with van der Waals surface area (Å²) >= 11 is 0. The molecule has 0 radical (unpaired) electrons. The number of hydrogen-bond donors (Lipinski definition) is 0. The molecule has 2 heterocycles. The van der Waals surface area contributed by atoms with Gasteiger partial charge in [0, 0.05) is 49.8 Å². The second kappa shape index (κ2) is 10.8. The van der Waals surface area contributed by atoms with E-state index in [1.165, 1.54) is 44.1 Å². The van der Waals surface area contributed by atoms with E-state index in [1.54, 1.807) is 0 Å². The van der Waals surface area contributed by atoms with E-state index in [2.05, 4.69) is 156 Å². The lowest BCUT2D eigenvalue weighted by molar-refractivity contribution is 0.594. The number of aromatic nitrogens is 1. The molecule has 0 spiro atoms. The Morgan fingerprint density at radius 1 is 0.587 bits per heavy atom. The molecule has 46 heavy (non-hydrogen) atoms. The number of rotatable bonds is 5. The summed E-state index contributed by atoms with van der Waals surface area (Å²) in [6, 6.07) is 55.8. The molecule has 2 heteroatoms. The Morgan fingerprint density at radius 3 is 2.04 bits per heavy atom. The van der Waals surface area contributed by atoms with Gasteiger partial charge in [0.1, 0.15) is 11.5 Å². The Balaban J connectivity index is 1.27. The maximum absolute atomic E-state index is 6.97. The highest BCUT2D eigenvalue weighted by atomic mass is 16.3. The van der Waals surface area contributed by atoms with E-state index >= 15 is 0 Å². The lowest BCUT2D eigenvalue weighted by Gasteiger charge is -2.10. The van der Waals surface area contributed by atoms with Crippen LogP contribution in [-0.2, 0) is 6.42 Å². The lowest BCUT2D eigenvalue weighted by atomic mass is 9.91. The monoisotopic (exact) mass is 587 g/mol. The van der Waals surface area contributed by atoms with Crippen LogP contribution in [0.2, 0.25) is 0 Å². The number of benzene rings is 5. The summed E-state index contributed by atoms with van der Waals surface area (Å²) in [5, 5.41) is 2.43. The first-order valence-electron chi connectivity index (χ1n) is 15.8. The van der Waals surface area contributed by atoms with Crippen LogP contribution in [0.5, 0.6) is 0 Å². The largest absolute Gasteiger partial charge is 0.455 e. The van der Waals surface area contributed by atoms with Crippen molar-refractivity contribution in [1.29, 1.82) is 0 Å². The first-order valence-corrected chi connectivity index (χ1v) is 15.8. The van der Waals surface area contributed by atoms with E-state index in [-0.39, 0.29) is 0 Å². The molecule has 8 aromatic rings. The van der Waals surface area contributed by atoms with Gasteiger partial charge in [-0.05, 0) is 78.6 Å². The molecular formula is C44H29NO. The van der Waals surface area contributed by atoms with E-state index in [4.69, 9.17) is 4.42 Å². The van der Waals surface area contributed by atoms with Gasteiger partial charge < -0.3 is 8.98 Å². The third-order valence-electron chi connectivity index (χ3n) is 9.15. The van der Waals surface area contributed by atoms with Crippen molar-refractivity contribution in [2.45, 2.75) is 12.8 Å². The van der Waals surface area contributed by atoms with Gasteiger partial charge in [0.15, 0.2) is 0 Å². The van der Waals surface area contributed by atoms with Gasteiger partial charge in [-0.15, -0.1) is 0 Å². The molecule has 0 aliphatic heterocycles. The van der Waals surface area contributed by atoms with E-state index in [9.17, 15) is 0 Å². The molecule has 0 N–H and O–H groups in total. The quantitative estimate of drug-likeness (QED) is 0.196. The zero-order chi connectivity index (χ0) is 30.5. The Morgan fingerprint density at radius 2 is 1.28 bits per heavy atom. The first kappa shape index (κ1) is 26.4. The molecule has 0 fully saturated rings. The Labute approximate surface area is 268 Å². The molecule has 9 rings (SSSR count). The van der Waals surface area contributed by atoms with Gasteiger partial charge in [0.05, 0.1) is 11.0 Å². The Hall–Kier alpha value is -6.04. The smallest absolute Gasteiger partial charge is 0.142 e. The van der Waals surface area contributed by atoms with Crippen molar-refractivity contribution in [3.05, 3.63) is 169 Å². The summed E-state index contributed by atoms with van der Waals surface area (Å²) in [5.74, 6) is 1.86. The van der Waals surface area contributed by atoms with Crippen molar-refractivity contribution in [1.82, 2.24) is 4.57 Å². The molecule has 0 unspecified atom stereocenters. The summed E-state index contributed by atoms with van der Waals surface area (Å²) in [6.07, 6.45) is 6.46. The van der Waals surface area contributed by atoms with E-state index in [0.29, 0.717) is 0 Å². The van der Waals surface area contributed by atoms with Crippen LogP contribution in [0.4, 0.5) is 0 Å². The third kappa shape index (κ3) is 4.29. The number of fused-ring (bicyclic) bond motifs is 4. The van der Waals surface area contributed by atoms with Crippen LogP contribution in [0.3, 0.4) is 0 Å². The third-order valence-corrected chi connectivity index (χ3v) is 9.15. The normalized spacial score (nSPS) is 12.3. The average Bonchev–Trinajstić information content (AvgIpc) is 3.68. The SMILES string of the molecule is c1cccc(-c2ccccc2-c2oc(-c3ccc4c(c3)c3cc(-c5ccccc5)ccc3n4-c3ccccc3)c3c2CCC=C3)c#1. The molecule has 2 aromatic heterocycles. The second-order valence-electron chi connectivity index (χ2n) is 11.8. The van der Waals surface area contributed by atoms with Crippen molar-refractivity contribution in [3.8, 4) is 50.6 Å². The van der Waals surface area contributed by atoms with Crippen LogP contribution >= 0.6 is 0 Å². The number of hydrogen-bond acceptors (Lipinski definition) is 1. The number of furan rings is 1. The average molecular weight is 588 g/mol. The molecule has 0 atom stereocenters. The molecule has 0 saturated carbocycles. The van der Waals surface area contributed by atoms with E-state index < -0.39 is 0 Å². The summed E-state index contributed by atoms with van der Waals surface area (Å²) in [6.45, 7) is 0. The fourth-order valence-corrected chi connectivity index (χ4v) is 7.02. The topological polar surface area (TPSA) is 18.1 Å². The molecule has 6 aromatic carbocycles. The van der Waals surface area contributed by atoms with Crippen molar-refractivity contribution >= 4 is 27.9 Å². The molecular weight excluding hydrogens is 558 g/mol. The van der Waals surface area contributed by atoms with Crippen molar-refractivity contribution in [2.24, 2.45) is 0 Å². The zero-order valence-corrected chi connectivity index (χ0v) is 25.2. The summed E-state index contributed by atoms with van der Waals surface area (Å²) in [5.41, 5.74) is 12.7. The van der Waals surface area contributed by atoms with Crippen LogP contribution in [-0.4, -0.2) is 4.57 Å². The van der Waals surface area contributed by atoms with Gasteiger partial charge in [-0.3, -0.25) is 0 Å². The maximum atomic E-state index is 6.97. The van der Waals surface area contributed by atoms with Gasteiger partial charge in [-0.25, -0.2) is 0 Å². The van der Waals surface area contributed by atoms with Crippen LogP contribution in [0, 0.1) is 12.1 Å². The van der Waals surface area contributed by atoms with Crippen LogP contribution in [0.1, 0.15) is 17.5 Å². The lowest BCUT2D eigenvalue weighted by Crippen LogP contribution is -1.94. The van der Waals surface area contributed by atoms with Crippen molar-refractivity contribution < 1.29 is 4.42 Å². The van der Waals surface area contributed by atoms with Crippen LogP contribution in [0.25, 0.3) is 78.5 Å². The van der Waals surface area contributed by atoms with Crippen LogP contribution in [0.15, 0.2) is 150 Å². The first-order chi connectivity index (χ1) is 22.8. The molecule has 0 saturated heterocycles. The highest BCUT2D eigenvalue weighted by Crippen LogP contribution is 2.45. The minimum Gasteiger partial charge on any atom is -0.455 e. The fourth-order valence-electron chi connectivity index (χ4n) is 7.02. The minimum atomic E-state index is 0.918. The van der Waals surface area contributed by atoms with Gasteiger partial charge in [-0.1, -0.05) is 109 Å². The van der Waals surface area contributed by atoms with Gasteiger partial charge in [0.2, 0.25) is 0 Å².